The van der Waals surface area contributed by atoms with Gasteiger partial charge in [-0.05, 0) is 18.6 Å². The summed E-state index contributed by atoms with van der Waals surface area (Å²) >= 11 is 0. The summed E-state index contributed by atoms with van der Waals surface area (Å²) in [6, 6.07) is 7.44. The number of halogens is 5. The molecule has 6 nitrogen and oxygen atoms in total. The van der Waals surface area contributed by atoms with Gasteiger partial charge in [0.25, 0.3) is 5.92 Å². The third-order valence-corrected chi connectivity index (χ3v) is 7.03. The molecule has 0 unspecified atom stereocenters. The molecule has 1 aromatic heterocycles. The van der Waals surface area contributed by atoms with E-state index >= 15 is 0 Å². The van der Waals surface area contributed by atoms with Gasteiger partial charge in [0, 0.05) is 57.1 Å². The predicted octanol–water partition coefficient (Wildman–Crippen LogP) is 2.97. The van der Waals surface area contributed by atoms with Crippen LogP contribution in [0, 0.1) is 0 Å². The van der Waals surface area contributed by atoms with E-state index in [0.29, 0.717) is 50.0 Å². The molecule has 0 bridgehead atoms. The molecule has 0 saturated carbocycles. The first kappa shape index (κ1) is 23.2. The third-order valence-electron chi connectivity index (χ3n) is 7.03. The molecule has 0 aliphatic carbocycles. The minimum Gasteiger partial charge on any atom is -0.354 e. The van der Waals surface area contributed by atoms with Crippen LogP contribution in [0.2, 0.25) is 0 Å². The maximum atomic E-state index is 13.8. The highest BCUT2D eigenvalue weighted by atomic mass is 19.4. The van der Waals surface area contributed by atoms with Crippen molar-refractivity contribution in [1.82, 2.24) is 20.1 Å². The quantitative estimate of drug-likeness (QED) is 0.681. The average Bonchev–Trinajstić information content (AvgIpc) is 3.44. The molecule has 1 aromatic carbocycles. The zero-order valence-electron chi connectivity index (χ0n) is 18.5. The first-order valence-corrected chi connectivity index (χ1v) is 11.5. The molecule has 0 spiro atoms. The lowest BCUT2D eigenvalue weighted by Gasteiger charge is -2.39. The Morgan fingerprint density at radius 2 is 1.82 bits per heavy atom. The van der Waals surface area contributed by atoms with Crippen molar-refractivity contribution in [3.05, 3.63) is 35.9 Å². The van der Waals surface area contributed by atoms with Crippen molar-refractivity contribution >= 4 is 22.6 Å². The van der Waals surface area contributed by atoms with Crippen LogP contribution in [-0.4, -0.2) is 84.5 Å². The molecular formula is C23H26F5N5O. The van der Waals surface area contributed by atoms with Crippen LogP contribution >= 0.6 is 0 Å². The maximum Gasteiger partial charge on any atom is 0.419 e. The van der Waals surface area contributed by atoms with E-state index in [-0.39, 0.29) is 30.7 Å². The van der Waals surface area contributed by atoms with E-state index < -0.39 is 30.2 Å². The molecule has 0 radical (unpaired) electrons. The molecule has 184 valence electrons. The molecule has 3 saturated heterocycles. The van der Waals surface area contributed by atoms with Gasteiger partial charge in [-0.3, -0.25) is 9.69 Å². The minimum atomic E-state index is -4.52. The predicted molar refractivity (Wildman–Crippen MR) is 117 cm³/mol. The van der Waals surface area contributed by atoms with Crippen LogP contribution in [0.4, 0.5) is 27.8 Å². The number of nitrogens with one attached hydrogen (secondary N) is 1. The van der Waals surface area contributed by atoms with E-state index in [9.17, 15) is 26.7 Å². The van der Waals surface area contributed by atoms with Crippen LogP contribution in [0.25, 0.3) is 10.9 Å². The van der Waals surface area contributed by atoms with Crippen LogP contribution in [-0.2, 0) is 11.0 Å². The normalized spacial score (nSPS) is 25.9. The Labute approximate surface area is 193 Å². The Morgan fingerprint density at radius 3 is 2.50 bits per heavy atom. The molecule has 34 heavy (non-hydrogen) atoms. The van der Waals surface area contributed by atoms with Gasteiger partial charge in [-0.1, -0.05) is 18.2 Å². The summed E-state index contributed by atoms with van der Waals surface area (Å²) in [5.41, 5.74) is -0.225. The number of anilines is 1. The van der Waals surface area contributed by atoms with Gasteiger partial charge in [-0.2, -0.15) is 13.2 Å². The summed E-state index contributed by atoms with van der Waals surface area (Å²) in [7, 11) is 0. The summed E-state index contributed by atoms with van der Waals surface area (Å²) in [4.78, 5) is 22.0. The van der Waals surface area contributed by atoms with E-state index in [1.54, 1.807) is 29.2 Å². The maximum absolute atomic E-state index is 13.8. The number of rotatable bonds is 3. The second kappa shape index (κ2) is 8.60. The van der Waals surface area contributed by atoms with E-state index in [0.717, 1.165) is 6.07 Å². The fourth-order valence-corrected chi connectivity index (χ4v) is 5.18. The summed E-state index contributed by atoms with van der Waals surface area (Å²) in [5, 5.41) is 3.59. The number of carbonyl (C=O) groups is 1. The van der Waals surface area contributed by atoms with Gasteiger partial charge in [0.2, 0.25) is 5.91 Å². The summed E-state index contributed by atoms with van der Waals surface area (Å²) in [5.74, 6) is -3.18. The number of aromatic nitrogens is 1. The molecule has 1 N–H and O–H groups in total. The number of amides is 1. The van der Waals surface area contributed by atoms with E-state index in [2.05, 4.69) is 15.2 Å². The molecule has 3 fully saturated rings. The Bertz CT molecular complexity index is 1070. The monoisotopic (exact) mass is 483 g/mol. The van der Waals surface area contributed by atoms with Gasteiger partial charge >= 0.3 is 6.18 Å². The highest BCUT2D eigenvalue weighted by molar-refractivity contribution is 5.83. The Kier molecular flexibility index (Phi) is 5.87. The highest BCUT2D eigenvalue weighted by Crippen LogP contribution is 2.38. The van der Waals surface area contributed by atoms with Gasteiger partial charge in [0.15, 0.2) is 0 Å². The van der Waals surface area contributed by atoms with Crippen LogP contribution < -0.4 is 10.2 Å². The number of fused-ring (bicyclic) bond motifs is 1. The molecule has 5 rings (SSSR count). The average molecular weight is 483 g/mol. The summed E-state index contributed by atoms with van der Waals surface area (Å²) in [6.45, 7) is 1.88. The van der Waals surface area contributed by atoms with Crippen LogP contribution in [0.1, 0.15) is 18.4 Å². The number of benzene rings is 1. The Balaban J connectivity index is 1.23. The number of carbonyl (C=O) groups excluding carboxylic acids is 1. The molecule has 11 heteroatoms. The zero-order chi connectivity index (χ0) is 24.1. The lowest BCUT2D eigenvalue weighted by atomic mass is 10.1. The highest BCUT2D eigenvalue weighted by Gasteiger charge is 2.44. The molecule has 3 aliphatic rings. The van der Waals surface area contributed by atoms with E-state index in [1.807, 2.05) is 0 Å². The molecule has 4 heterocycles. The summed E-state index contributed by atoms with van der Waals surface area (Å²) in [6.07, 6.45) is -4.32. The zero-order valence-corrected chi connectivity index (χ0v) is 18.5. The van der Waals surface area contributed by atoms with Gasteiger partial charge < -0.3 is 15.1 Å². The summed E-state index contributed by atoms with van der Waals surface area (Å²) < 4.78 is 68.3. The van der Waals surface area contributed by atoms with Crippen LogP contribution in [0.3, 0.4) is 0 Å². The minimum absolute atomic E-state index is 0.0332. The smallest absolute Gasteiger partial charge is 0.354 e. The number of alkyl halides is 5. The number of para-hydroxylation sites is 1. The number of hydrogen-bond acceptors (Lipinski definition) is 5. The van der Waals surface area contributed by atoms with Crippen molar-refractivity contribution in [2.75, 3.05) is 50.7 Å². The van der Waals surface area contributed by atoms with Crippen molar-refractivity contribution in [2.24, 2.45) is 0 Å². The number of piperazine rings is 1. The largest absolute Gasteiger partial charge is 0.419 e. The lowest BCUT2D eigenvalue weighted by molar-refractivity contribution is -0.137. The number of likely N-dealkylation sites (tertiary alicyclic amines) is 1. The molecule has 3 aliphatic heterocycles. The SMILES string of the molecule is O=C([C@@H]1C[C@H](N2CCN(c3nc4ccccc4cc3C(F)(F)F)CC2)CN1)N1CCC(F)(F)C1. The van der Waals surface area contributed by atoms with E-state index in [4.69, 9.17) is 0 Å². The second-order valence-corrected chi connectivity index (χ2v) is 9.29. The third kappa shape index (κ3) is 4.55. The molecule has 2 aromatic rings. The van der Waals surface area contributed by atoms with Crippen molar-refractivity contribution in [3.8, 4) is 0 Å². The fraction of sp³-hybridized carbons (Fsp3) is 0.565. The Morgan fingerprint density at radius 1 is 1.09 bits per heavy atom. The topological polar surface area (TPSA) is 51.7 Å². The van der Waals surface area contributed by atoms with Gasteiger partial charge in [-0.15, -0.1) is 0 Å². The molecule has 1 amide bonds. The number of hydrogen-bond donors (Lipinski definition) is 1. The van der Waals surface area contributed by atoms with Gasteiger partial charge in [0.1, 0.15) is 5.82 Å². The first-order valence-electron chi connectivity index (χ1n) is 11.5. The first-order chi connectivity index (χ1) is 16.1. The fourth-order valence-electron chi connectivity index (χ4n) is 5.18. The molecular weight excluding hydrogens is 457 g/mol. The van der Waals surface area contributed by atoms with E-state index in [1.165, 1.54) is 4.90 Å². The van der Waals surface area contributed by atoms with Crippen molar-refractivity contribution in [2.45, 2.75) is 37.0 Å². The van der Waals surface area contributed by atoms with Gasteiger partial charge in [0.05, 0.1) is 23.7 Å². The number of nitrogens with zero attached hydrogens (tertiary/aromatic N) is 4. The van der Waals surface area contributed by atoms with Crippen molar-refractivity contribution in [3.63, 3.8) is 0 Å². The van der Waals surface area contributed by atoms with Crippen LogP contribution in [0.5, 0.6) is 0 Å². The lowest BCUT2D eigenvalue weighted by Crippen LogP contribution is -2.51. The second-order valence-electron chi connectivity index (χ2n) is 9.29. The Hall–Kier alpha value is -2.53. The number of pyridine rings is 1. The standard InChI is InChI=1S/C23H26F5N5O/c24-22(25)5-6-33(14-22)21(34)19-12-16(13-29-19)31-7-9-32(10-8-31)20-17(23(26,27)28)11-15-3-1-2-4-18(15)30-20/h1-4,11,16,19,29H,5-10,12-14H2/t16-,19-/m0/s1. The van der Waals surface area contributed by atoms with Gasteiger partial charge in [-0.25, -0.2) is 13.8 Å². The van der Waals surface area contributed by atoms with Crippen molar-refractivity contribution < 1.29 is 26.7 Å². The van der Waals surface area contributed by atoms with Crippen molar-refractivity contribution in [1.29, 1.82) is 0 Å². The molecule has 2 atom stereocenters. The van der Waals surface area contributed by atoms with Crippen LogP contribution in [0.15, 0.2) is 30.3 Å².